The van der Waals surface area contributed by atoms with E-state index in [2.05, 4.69) is 5.32 Å². The molecule has 0 bridgehead atoms. The van der Waals surface area contributed by atoms with Crippen molar-refractivity contribution in [2.75, 3.05) is 13.2 Å². The van der Waals surface area contributed by atoms with Crippen LogP contribution in [-0.2, 0) is 4.74 Å². The first-order chi connectivity index (χ1) is 5.27. The lowest BCUT2D eigenvalue weighted by atomic mass is 10.3. The molecule has 0 unspecified atom stereocenters. The number of rotatable bonds is 6. The maximum absolute atomic E-state index is 8.12. The SMILES string of the molecule is CC(C)OCCCCNC#N. The van der Waals surface area contributed by atoms with Crippen molar-refractivity contribution in [2.24, 2.45) is 0 Å². The molecule has 0 radical (unpaired) electrons. The molecule has 11 heavy (non-hydrogen) atoms. The minimum atomic E-state index is 0.318. The summed E-state index contributed by atoms with van der Waals surface area (Å²) in [6, 6.07) is 0. The number of hydrogen-bond acceptors (Lipinski definition) is 3. The van der Waals surface area contributed by atoms with Crippen LogP contribution in [0.5, 0.6) is 0 Å². The Morgan fingerprint density at radius 3 is 2.73 bits per heavy atom. The Balaban J connectivity index is 2.86. The standard InChI is InChI=1S/C8H16N2O/c1-8(2)11-6-4-3-5-10-7-9/h8,10H,3-6H2,1-2H3. The van der Waals surface area contributed by atoms with Crippen molar-refractivity contribution < 1.29 is 4.74 Å². The van der Waals surface area contributed by atoms with E-state index in [0.717, 1.165) is 26.0 Å². The summed E-state index contributed by atoms with van der Waals surface area (Å²) in [7, 11) is 0. The molecule has 0 rings (SSSR count). The van der Waals surface area contributed by atoms with E-state index in [1.54, 1.807) is 0 Å². The first-order valence-electron chi connectivity index (χ1n) is 4.01. The predicted molar refractivity (Wildman–Crippen MR) is 43.9 cm³/mol. The molecule has 0 heterocycles. The predicted octanol–water partition coefficient (Wildman–Crippen LogP) is 1.26. The van der Waals surface area contributed by atoms with Gasteiger partial charge >= 0.3 is 0 Å². The zero-order valence-corrected chi connectivity index (χ0v) is 7.26. The Kier molecular flexibility index (Phi) is 6.86. The summed E-state index contributed by atoms with van der Waals surface area (Å²) in [5, 5.41) is 10.7. The molecule has 0 aromatic carbocycles. The molecule has 0 aromatic heterocycles. The number of nitrogens with one attached hydrogen (secondary N) is 1. The average Bonchev–Trinajstić information content (AvgIpc) is 1.96. The van der Waals surface area contributed by atoms with Crippen LogP contribution >= 0.6 is 0 Å². The molecule has 0 saturated carbocycles. The molecule has 3 heteroatoms. The minimum absolute atomic E-state index is 0.318. The van der Waals surface area contributed by atoms with E-state index in [-0.39, 0.29) is 0 Å². The molecule has 0 amide bonds. The highest BCUT2D eigenvalue weighted by Gasteiger charge is 1.92. The zero-order chi connectivity index (χ0) is 8.53. The second-order valence-corrected chi connectivity index (χ2v) is 2.67. The Bertz CT molecular complexity index is 118. The van der Waals surface area contributed by atoms with Crippen molar-refractivity contribution >= 4 is 0 Å². The zero-order valence-electron chi connectivity index (χ0n) is 7.26. The average molecular weight is 156 g/mol. The van der Waals surface area contributed by atoms with Gasteiger partial charge in [0.25, 0.3) is 0 Å². The van der Waals surface area contributed by atoms with Crippen molar-refractivity contribution in [3.63, 3.8) is 0 Å². The molecule has 0 fully saturated rings. The van der Waals surface area contributed by atoms with Gasteiger partial charge in [-0.2, -0.15) is 5.26 Å². The fourth-order valence-corrected chi connectivity index (χ4v) is 0.690. The summed E-state index contributed by atoms with van der Waals surface area (Å²) >= 11 is 0. The van der Waals surface area contributed by atoms with Crippen molar-refractivity contribution in [3.05, 3.63) is 0 Å². The van der Waals surface area contributed by atoms with Crippen LogP contribution in [0.1, 0.15) is 26.7 Å². The normalized spacial score (nSPS) is 9.64. The van der Waals surface area contributed by atoms with Crippen molar-refractivity contribution in [1.29, 1.82) is 5.26 Å². The van der Waals surface area contributed by atoms with E-state index in [1.807, 2.05) is 20.0 Å². The van der Waals surface area contributed by atoms with Gasteiger partial charge in [-0.25, -0.2) is 0 Å². The van der Waals surface area contributed by atoms with Crippen LogP contribution in [0.3, 0.4) is 0 Å². The monoisotopic (exact) mass is 156 g/mol. The highest BCUT2D eigenvalue weighted by molar-refractivity contribution is 4.63. The lowest BCUT2D eigenvalue weighted by molar-refractivity contribution is 0.0762. The van der Waals surface area contributed by atoms with Crippen LogP contribution in [0.25, 0.3) is 0 Å². The van der Waals surface area contributed by atoms with Crippen LogP contribution in [0.15, 0.2) is 0 Å². The summed E-state index contributed by atoms with van der Waals surface area (Å²) < 4.78 is 5.31. The Morgan fingerprint density at radius 2 is 2.18 bits per heavy atom. The summed E-state index contributed by atoms with van der Waals surface area (Å²) in [5.41, 5.74) is 0. The number of ether oxygens (including phenoxy) is 1. The molecular weight excluding hydrogens is 140 g/mol. The van der Waals surface area contributed by atoms with Gasteiger partial charge in [0.2, 0.25) is 0 Å². The fraction of sp³-hybridized carbons (Fsp3) is 0.875. The molecule has 0 spiro atoms. The molecule has 3 nitrogen and oxygen atoms in total. The molecule has 1 N–H and O–H groups in total. The third-order valence-corrected chi connectivity index (χ3v) is 1.23. The number of nitriles is 1. The number of unbranched alkanes of at least 4 members (excludes halogenated alkanes) is 1. The van der Waals surface area contributed by atoms with Crippen LogP contribution < -0.4 is 5.32 Å². The van der Waals surface area contributed by atoms with Gasteiger partial charge in [-0.1, -0.05) is 0 Å². The largest absolute Gasteiger partial charge is 0.379 e. The van der Waals surface area contributed by atoms with Gasteiger partial charge in [-0.05, 0) is 26.7 Å². The van der Waals surface area contributed by atoms with E-state index in [0.29, 0.717) is 6.10 Å². The number of nitrogens with zero attached hydrogens (tertiary/aromatic N) is 1. The van der Waals surface area contributed by atoms with Gasteiger partial charge in [0.05, 0.1) is 6.10 Å². The van der Waals surface area contributed by atoms with Gasteiger partial charge in [-0.15, -0.1) is 0 Å². The van der Waals surface area contributed by atoms with Crippen molar-refractivity contribution in [3.8, 4) is 6.19 Å². The van der Waals surface area contributed by atoms with E-state index in [4.69, 9.17) is 10.00 Å². The van der Waals surface area contributed by atoms with Gasteiger partial charge in [0.1, 0.15) is 0 Å². The Labute approximate surface area is 68.3 Å². The maximum atomic E-state index is 8.12. The smallest absolute Gasteiger partial charge is 0.176 e. The molecule has 0 aromatic rings. The van der Waals surface area contributed by atoms with E-state index in [9.17, 15) is 0 Å². The highest BCUT2D eigenvalue weighted by atomic mass is 16.5. The van der Waals surface area contributed by atoms with E-state index < -0.39 is 0 Å². The summed E-state index contributed by atoms with van der Waals surface area (Å²) in [6.07, 6.45) is 4.22. The topological polar surface area (TPSA) is 45.0 Å². The fourth-order valence-electron chi connectivity index (χ4n) is 0.690. The van der Waals surface area contributed by atoms with Crippen molar-refractivity contribution in [2.45, 2.75) is 32.8 Å². The van der Waals surface area contributed by atoms with Gasteiger partial charge in [0, 0.05) is 13.2 Å². The van der Waals surface area contributed by atoms with E-state index in [1.165, 1.54) is 0 Å². The van der Waals surface area contributed by atoms with Crippen molar-refractivity contribution in [1.82, 2.24) is 5.32 Å². The highest BCUT2D eigenvalue weighted by Crippen LogP contribution is 1.92. The maximum Gasteiger partial charge on any atom is 0.176 e. The first kappa shape index (κ1) is 10.2. The molecule has 0 aliphatic rings. The van der Waals surface area contributed by atoms with Crippen LogP contribution in [0.4, 0.5) is 0 Å². The van der Waals surface area contributed by atoms with Crippen LogP contribution in [-0.4, -0.2) is 19.3 Å². The Hall–Kier alpha value is -0.750. The number of hydrogen-bond donors (Lipinski definition) is 1. The van der Waals surface area contributed by atoms with Crippen LogP contribution in [0.2, 0.25) is 0 Å². The third kappa shape index (κ3) is 9.25. The molecule has 0 aliphatic heterocycles. The lowest BCUT2D eigenvalue weighted by Crippen LogP contribution is -2.09. The molecular formula is C8H16N2O. The molecule has 0 saturated heterocycles. The minimum Gasteiger partial charge on any atom is -0.379 e. The second-order valence-electron chi connectivity index (χ2n) is 2.67. The first-order valence-corrected chi connectivity index (χ1v) is 4.01. The van der Waals surface area contributed by atoms with E-state index >= 15 is 0 Å². The summed E-state index contributed by atoms with van der Waals surface area (Å²) in [6.45, 7) is 5.60. The summed E-state index contributed by atoms with van der Waals surface area (Å²) in [4.78, 5) is 0. The molecule has 64 valence electrons. The van der Waals surface area contributed by atoms with Gasteiger partial charge < -0.3 is 10.1 Å². The quantitative estimate of drug-likeness (QED) is 0.358. The Morgan fingerprint density at radius 1 is 1.45 bits per heavy atom. The lowest BCUT2D eigenvalue weighted by Gasteiger charge is -2.05. The molecule has 0 aliphatic carbocycles. The third-order valence-electron chi connectivity index (χ3n) is 1.23. The van der Waals surface area contributed by atoms with Crippen LogP contribution in [0, 0.1) is 11.5 Å². The second kappa shape index (κ2) is 7.36. The van der Waals surface area contributed by atoms with Gasteiger partial charge in [0.15, 0.2) is 6.19 Å². The summed E-state index contributed by atoms with van der Waals surface area (Å²) in [5.74, 6) is 0. The van der Waals surface area contributed by atoms with Gasteiger partial charge in [-0.3, -0.25) is 0 Å². The molecule has 0 atom stereocenters.